The van der Waals surface area contributed by atoms with Crippen LogP contribution in [0.2, 0.25) is 0 Å². The van der Waals surface area contributed by atoms with E-state index in [1.807, 2.05) is 50.2 Å². The van der Waals surface area contributed by atoms with E-state index in [9.17, 15) is 18.0 Å². The minimum absolute atomic E-state index is 0.287. The largest absolute Gasteiger partial charge is 0.416 e. The van der Waals surface area contributed by atoms with Crippen molar-refractivity contribution in [2.24, 2.45) is 0 Å². The zero-order valence-electron chi connectivity index (χ0n) is 18.2. The van der Waals surface area contributed by atoms with E-state index in [1.165, 1.54) is 12.1 Å². The molecule has 168 valence electrons. The fraction of sp³-hybridized carbons (Fsp3) is 0.160. The van der Waals surface area contributed by atoms with Crippen LogP contribution in [-0.4, -0.2) is 30.0 Å². The first-order chi connectivity index (χ1) is 15.6. The van der Waals surface area contributed by atoms with E-state index in [0.29, 0.717) is 11.5 Å². The molecule has 0 bridgehead atoms. The molecule has 0 aliphatic carbocycles. The average molecular weight is 450 g/mol. The van der Waals surface area contributed by atoms with E-state index in [4.69, 9.17) is 0 Å². The molecule has 8 heteroatoms. The summed E-state index contributed by atoms with van der Waals surface area (Å²) in [6.07, 6.45) is -2.66. The van der Waals surface area contributed by atoms with Gasteiger partial charge in [0.25, 0.3) is 5.91 Å². The van der Waals surface area contributed by atoms with Crippen LogP contribution >= 0.6 is 0 Å². The summed E-state index contributed by atoms with van der Waals surface area (Å²) in [5.74, 6) is 0.212. The van der Waals surface area contributed by atoms with Gasteiger partial charge in [0.1, 0.15) is 0 Å². The molecule has 0 spiro atoms. The first kappa shape index (κ1) is 22.3. The number of fused-ring (bicyclic) bond motifs is 1. The molecule has 1 N–H and O–H groups in total. The summed E-state index contributed by atoms with van der Waals surface area (Å²) >= 11 is 0. The van der Waals surface area contributed by atoms with E-state index in [-0.39, 0.29) is 5.69 Å². The third-order valence-corrected chi connectivity index (χ3v) is 5.25. The fourth-order valence-electron chi connectivity index (χ4n) is 3.43. The van der Waals surface area contributed by atoms with Gasteiger partial charge in [-0.1, -0.05) is 12.1 Å². The van der Waals surface area contributed by atoms with Crippen LogP contribution < -0.4 is 10.2 Å². The van der Waals surface area contributed by atoms with Crippen molar-refractivity contribution in [3.63, 3.8) is 0 Å². The number of anilines is 2. The number of aromatic nitrogens is 2. The Hall–Kier alpha value is -3.94. The molecule has 0 aliphatic rings. The third-order valence-electron chi connectivity index (χ3n) is 5.25. The third kappa shape index (κ3) is 4.79. The van der Waals surface area contributed by atoms with Crippen LogP contribution in [0.5, 0.6) is 0 Å². The normalized spacial score (nSPS) is 11.5. The number of halogens is 3. The van der Waals surface area contributed by atoms with Gasteiger partial charge in [0.05, 0.1) is 11.1 Å². The lowest BCUT2D eigenvalue weighted by atomic mass is 9.97. The van der Waals surface area contributed by atoms with Gasteiger partial charge < -0.3 is 10.2 Å². The summed E-state index contributed by atoms with van der Waals surface area (Å²) in [6, 6.07) is 15.5. The van der Waals surface area contributed by atoms with Gasteiger partial charge in [-0.3, -0.25) is 4.79 Å². The molecule has 0 aliphatic heterocycles. The standard InChI is InChI=1S/C25H21F3N4O/c1-15-4-5-17(23(33)30-20-9-7-19(8-10-20)25(26,27)28)13-21(15)16-6-11-22-18(12-16)14-29-24(31-22)32(2)3/h4-14H,1-3H3,(H,30,33). The summed E-state index contributed by atoms with van der Waals surface area (Å²) in [4.78, 5) is 23.5. The highest BCUT2D eigenvalue weighted by atomic mass is 19.4. The molecule has 1 aromatic heterocycles. The van der Waals surface area contributed by atoms with E-state index in [0.717, 1.165) is 39.7 Å². The Morgan fingerprint density at radius 3 is 2.36 bits per heavy atom. The second-order valence-corrected chi connectivity index (χ2v) is 7.90. The number of hydrogen-bond acceptors (Lipinski definition) is 4. The van der Waals surface area contributed by atoms with Crippen LogP contribution in [0.15, 0.2) is 66.9 Å². The van der Waals surface area contributed by atoms with Crippen molar-refractivity contribution in [1.29, 1.82) is 0 Å². The van der Waals surface area contributed by atoms with Crippen LogP contribution in [0.25, 0.3) is 22.0 Å². The van der Waals surface area contributed by atoms with Gasteiger partial charge in [-0.05, 0) is 72.1 Å². The quantitative estimate of drug-likeness (QED) is 0.418. The van der Waals surface area contributed by atoms with E-state index in [2.05, 4.69) is 15.3 Å². The first-order valence-electron chi connectivity index (χ1n) is 10.2. The molecule has 4 rings (SSSR count). The Kier molecular flexibility index (Phi) is 5.76. The summed E-state index contributed by atoms with van der Waals surface area (Å²) in [7, 11) is 3.75. The number of aryl methyl sites for hydroxylation is 1. The van der Waals surface area contributed by atoms with Gasteiger partial charge >= 0.3 is 6.18 Å². The molecule has 0 saturated heterocycles. The van der Waals surface area contributed by atoms with Crippen LogP contribution in [0.3, 0.4) is 0 Å². The Morgan fingerprint density at radius 1 is 0.970 bits per heavy atom. The smallest absolute Gasteiger partial charge is 0.347 e. The number of alkyl halides is 3. The maximum atomic E-state index is 12.7. The molecule has 0 unspecified atom stereocenters. The molecule has 5 nitrogen and oxygen atoms in total. The average Bonchev–Trinajstić information content (AvgIpc) is 2.78. The van der Waals surface area contributed by atoms with Crippen molar-refractivity contribution in [2.75, 3.05) is 24.3 Å². The summed E-state index contributed by atoms with van der Waals surface area (Å²) < 4.78 is 38.2. The van der Waals surface area contributed by atoms with E-state index >= 15 is 0 Å². The Bertz CT molecular complexity index is 1330. The summed E-state index contributed by atoms with van der Waals surface area (Å²) in [6.45, 7) is 1.95. The molecular weight excluding hydrogens is 429 g/mol. The second kappa shape index (κ2) is 8.54. The van der Waals surface area contributed by atoms with Gasteiger partial charge in [-0.15, -0.1) is 0 Å². The highest BCUT2D eigenvalue weighted by Crippen LogP contribution is 2.31. The maximum Gasteiger partial charge on any atom is 0.416 e. The van der Waals surface area contributed by atoms with E-state index in [1.54, 1.807) is 18.3 Å². The zero-order valence-corrected chi connectivity index (χ0v) is 18.2. The summed E-state index contributed by atoms with van der Waals surface area (Å²) in [5, 5.41) is 3.52. The van der Waals surface area contributed by atoms with Gasteiger partial charge in [-0.25, -0.2) is 9.97 Å². The molecule has 1 heterocycles. The second-order valence-electron chi connectivity index (χ2n) is 7.90. The number of nitrogens with zero attached hydrogens (tertiary/aromatic N) is 3. The van der Waals surface area contributed by atoms with Crippen molar-refractivity contribution < 1.29 is 18.0 Å². The molecule has 3 aromatic carbocycles. The summed E-state index contributed by atoms with van der Waals surface area (Å²) in [5.41, 5.74) is 3.48. The van der Waals surface area contributed by atoms with E-state index < -0.39 is 17.6 Å². The highest BCUT2D eigenvalue weighted by Gasteiger charge is 2.30. The van der Waals surface area contributed by atoms with Crippen molar-refractivity contribution in [3.05, 3.63) is 83.6 Å². The minimum atomic E-state index is -4.42. The van der Waals surface area contributed by atoms with Gasteiger partial charge in [0.2, 0.25) is 5.95 Å². The Morgan fingerprint density at radius 2 is 1.70 bits per heavy atom. The molecule has 0 atom stereocenters. The van der Waals surface area contributed by atoms with Gasteiger partial charge in [0.15, 0.2) is 0 Å². The predicted molar refractivity (Wildman–Crippen MR) is 123 cm³/mol. The molecular formula is C25H21F3N4O. The highest BCUT2D eigenvalue weighted by molar-refractivity contribution is 6.05. The molecule has 0 saturated carbocycles. The van der Waals surface area contributed by atoms with Crippen molar-refractivity contribution in [3.8, 4) is 11.1 Å². The number of nitrogens with one attached hydrogen (secondary N) is 1. The van der Waals surface area contributed by atoms with Crippen molar-refractivity contribution in [1.82, 2.24) is 9.97 Å². The zero-order chi connectivity index (χ0) is 23.8. The minimum Gasteiger partial charge on any atom is -0.347 e. The predicted octanol–water partition coefficient (Wildman–Crippen LogP) is 5.94. The maximum absolute atomic E-state index is 12.7. The number of amides is 1. The van der Waals surface area contributed by atoms with Crippen LogP contribution in [-0.2, 0) is 6.18 Å². The first-order valence-corrected chi connectivity index (χ1v) is 10.2. The van der Waals surface area contributed by atoms with Crippen LogP contribution in [0.4, 0.5) is 24.8 Å². The lowest BCUT2D eigenvalue weighted by molar-refractivity contribution is -0.137. The number of rotatable bonds is 4. The molecule has 0 fully saturated rings. The van der Waals surface area contributed by atoms with Crippen molar-refractivity contribution in [2.45, 2.75) is 13.1 Å². The number of hydrogen-bond donors (Lipinski definition) is 1. The molecule has 1 amide bonds. The molecule has 33 heavy (non-hydrogen) atoms. The van der Waals surface area contributed by atoms with Crippen LogP contribution in [0.1, 0.15) is 21.5 Å². The number of carbonyl (C=O) groups excluding carboxylic acids is 1. The Labute approximate surface area is 188 Å². The monoisotopic (exact) mass is 450 g/mol. The lowest BCUT2D eigenvalue weighted by Crippen LogP contribution is -2.13. The molecule has 0 radical (unpaired) electrons. The topological polar surface area (TPSA) is 58.1 Å². The SMILES string of the molecule is Cc1ccc(C(=O)Nc2ccc(C(F)(F)F)cc2)cc1-c1ccc2nc(N(C)C)ncc2c1. The van der Waals surface area contributed by atoms with Gasteiger partial charge in [0, 0.05) is 36.9 Å². The number of benzene rings is 3. The lowest BCUT2D eigenvalue weighted by Gasteiger charge is -2.13. The van der Waals surface area contributed by atoms with Gasteiger partial charge in [-0.2, -0.15) is 13.2 Å². The molecule has 4 aromatic rings. The van der Waals surface area contributed by atoms with Crippen molar-refractivity contribution >= 4 is 28.4 Å². The Balaban J connectivity index is 1.61. The van der Waals surface area contributed by atoms with Crippen LogP contribution in [0, 0.1) is 6.92 Å². The fourth-order valence-corrected chi connectivity index (χ4v) is 3.43. The number of carbonyl (C=O) groups is 1.